The number of hydrogen-bond acceptors (Lipinski definition) is 4. The third-order valence-electron chi connectivity index (χ3n) is 3.26. The van der Waals surface area contributed by atoms with Gasteiger partial charge in [0.05, 0.1) is 24.8 Å². The van der Waals surface area contributed by atoms with Crippen molar-refractivity contribution >= 4 is 22.6 Å². The van der Waals surface area contributed by atoms with E-state index in [9.17, 15) is 0 Å². The molecule has 2 heterocycles. The van der Waals surface area contributed by atoms with Gasteiger partial charge in [-0.2, -0.15) is 0 Å². The van der Waals surface area contributed by atoms with Gasteiger partial charge in [-0.25, -0.2) is 4.98 Å². The summed E-state index contributed by atoms with van der Waals surface area (Å²) >= 11 is 6.41. The van der Waals surface area contributed by atoms with Crippen LogP contribution in [0.15, 0.2) is 6.07 Å². The molecule has 0 bridgehead atoms. The van der Waals surface area contributed by atoms with Crippen LogP contribution in [0.3, 0.4) is 0 Å². The van der Waals surface area contributed by atoms with Crippen molar-refractivity contribution in [3.8, 4) is 11.6 Å². The zero-order valence-corrected chi connectivity index (χ0v) is 11.0. The lowest BCUT2D eigenvalue weighted by molar-refractivity contribution is 0.344. The lowest BCUT2D eigenvalue weighted by Crippen LogP contribution is -1.98. The van der Waals surface area contributed by atoms with E-state index in [1.165, 1.54) is 0 Å². The van der Waals surface area contributed by atoms with Crippen LogP contribution in [0.25, 0.3) is 11.0 Å². The van der Waals surface area contributed by atoms with Crippen LogP contribution in [0.1, 0.15) is 17.7 Å². The number of fused-ring (bicyclic) bond motifs is 2. The van der Waals surface area contributed by atoms with E-state index in [1.54, 1.807) is 14.2 Å². The lowest BCUT2D eigenvalue weighted by Gasteiger charge is -2.10. The quantitative estimate of drug-likeness (QED) is 0.837. The van der Waals surface area contributed by atoms with Gasteiger partial charge in [-0.3, -0.25) is 4.98 Å². The van der Waals surface area contributed by atoms with Crippen molar-refractivity contribution < 1.29 is 9.47 Å². The standard InChI is InChI=1S/C13H13ClN2O2/c1-17-10-6-9-12(16-13(10)18-2)11(14)7-4-3-5-8(7)15-9/h6H,3-5H2,1-2H3. The minimum Gasteiger partial charge on any atom is -0.491 e. The number of ether oxygens (including phenoxy) is 2. The highest BCUT2D eigenvalue weighted by atomic mass is 35.5. The minimum atomic E-state index is 0.437. The maximum absolute atomic E-state index is 6.41. The lowest BCUT2D eigenvalue weighted by atomic mass is 10.2. The monoisotopic (exact) mass is 264 g/mol. The van der Waals surface area contributed by atoms with Crippen molar-refractivity contribution in [3.63, 3.8) is 0 Å². The van der Waals surface area contributed by atoms with Gasteiger partial charge < -0.3 is 9.47 Å². The van der Waals surface area contributed by atoms with E-state index in [-0.39, 0.29) is 0 Å². The Kier molecular flexibility index (Phi) is 2.74. The molecule has 0 amide bonds. The predicted octanol–water partition coefficient (Wildman–Crippen LogP) is 2.79. The highest BCUT2D eigenvalue weighted by Crippen LogP contribution is 2.36. The summed E-state index contributed by atoms with van der Waals surface area (Å²) < 4.78 is 10.4. The van der Waals surface area contributed by atoms with Gasteiger partial charge in [0.25, 0.3) is 5.88 Å². The number of halogens is 1. The van der Waals surface area contributed by atoms with E-state index >= 15 is 0 Å². The molecular formula is C13H13ClN2O2. The van der Waals surface area contributed by atoms with Crippen LogP contribution >= 0.6 is 11.6 Å². The molecule has 1 aliphatic carbocycles. The second kappa shape index (κ2) is 4.28. The first-order valence-corrected chi connectivity index (χ1v) is 6.22. The summed E-state index contributed by atoms with van der Waals surface area (Å²) in [6.07, 6.45) is 3.07. The average Bonchev–Trinajstić information content (AvgIpc) is 2.86. The van der Waals surface area contributed by atoms with E-state index in [4.69, 9.17) is 21.1 Å². The zero-order valence-electron chi connectivity index (χ0n) is 10.3. The number of aromatic nitrogens is 2. The van der Waals surface area contributed by atoms with Gasteiger partial charge in [0, 0.05) is 11.8 Å². The Hall–Kier alpha value is -1.55. The first-order chi connectivity index (χ1) is 8.74. The van der Waals surface area contributed by atoms with Crippen molar-refractivity contribution in [1.29, 1.82) is 0 Å². The van der Waals surface area contributed by atoms with E-state index < -0.39 is 0 Å². The van der Waals surface area contributed by atoms with Gasteiger partial charge >= 0.3 is 0 Å². The van der Waals surface area contributed by atoms with E-state index in [0.717, 1.165) is 36.0 Å². The number of rotatable bonds is 2. The molecular weight excluding hydrogens is 252 g/mol. The Balaban J connectivity index is 2.33. The molecule has 1 aliphatic rings. The van der Waals surface area contributed by atoms with Crippen molar-refractivity contribution in [3.05, 3.63) is 22.3 Å². The van der Waals surface area contributed by atoms with Crippen molar-refractivity contribution in [2.75, 3.05) is 14.2 Å². The molecule has 0 saturated carbocycles. The fourth-order valence-electron chi connectivity index (χ4n) is 2.38. The van der Waals surface area contributed by atoms with E-state index in [1.807, 2.05) is 6.07 Å². The molecule has 0 atom stereocenters. The summed E-state index contributed by atoms with van der Waals surface area (Å²) in [7, 11) is 3.14. The molecule has 3 rings (SSSR count). The Morgan fingerprint density at radius 3 is 2.72 bits per heavy atom. The molecule has 2 aromatic rings. The second-order valence-electron chi connectivity index (χ2n) is 4.27. The SMILES string of the molecule is COc1cc2nc3c(c(Cl)c2nc1OC)CCC3. The third kappa shape index (κ3) is 1.60. The van der Waals surface area contributed by atoms with Gasteiger partial charge in [-0.1, -0.05) is 11.6 Å². The van der Waals surface area contributed by atoms with Crippen molar-refractivity contribution in [2.24, 2.45) is 0 Å². The Bertz CT molecular complexity index is 628. The van der Waals surface area contributed by atoms with Crippen LogP contribution in [0.5, 0.6) is 11.6 Å². The van der Waals surface area contributed by atoms with Crippen LogP contribution in [0.2, 0.25) is 5.02 Å². The van der Waals surface area contributed by atoms with E-state index in [0.29, 0.717) is 22.2 Å². The summed E-state index contributed by atoms with van der Waals surface area (Å²) in [4.78, 5) is 9.02. The summed E-state index contributed by atoms with van der Waals surface area (Å²) in [5.41, 5.74) is 3.67. The minimum absolute atomic E-state index is 0.437. The normalized spacial score (nSPS) is 13.7. The highest BCUT2D eigenvalue weighted by molar-refractivity contribution is 6.35. The first kappa shape index (κ1) is 11.5. The second-order valence-corrected chi connectivity index (χ2v) is 4.65. The summed E-state index contributed by atoms with van der Waals surface area (Å²) in [6, 6.07) is 1.83. The molecule has 0 unspecified atom stereocenters. The maximum Gasteiger partial charge on any atom is 0.257 e. The first-order valence-electron chi connectivity index (χ1n) is 5.84. The van der Waals surface area contributed by atoms with Crippen LogP contribution in [0.4, 0.5) is 0 Å². The van der Waals surface area contributed by atoms with Gasteiger partial charge in [0.1, 0.15) is 5.52 Å². The summed E-state index contributed by atoms with van der Waals surface area (Å²) in [5, 5.41) is 0.702. The molecule has 0 N–H and O–H groups in total. The third-order valence-corrected chi connectivity index (χ3v) is 3.67. The number of nitrogens with zero attached hydrogens (tertiary/aromatic N) is 2. The average molecular weight is 265 g/mol. The van der Waals surface area contributed by atoms with Gasteiger partial charge in [-0.05, 0) is 24.8 Å². The van der Waals surface area contributed by atoms with Crippen LogP contribution in [0, 0.1) is 0 Å². The number of methoxy groups -OCH3 is 2. The molecule has 0 aromatic carbocycles. The maximum atomic E-state index is 6.41. The molecule has 0 radical (unpaired) electrons. The molecule has 0 saturated heterocycles. The van der Waals surface area contributed by atoms with E-state index in [2.05, 4.69) is 9.97 Å². The summed E-state index contributed by atoms with van der Waals surface area (Å²) in [5.74, 6) is 1.01. The molecule has 4 nitrogen and oxygen atoms in total. The summed E-state index contributed by atoms with van der Waals surface area (Å²) in [6.45, 7) is 0. The smallest absolute Gasteiger partial charge is 0.257 e. The zero-order chi connectivity index (χ0) is 12.7. The van der Waals surface area contributed by atoms with Crippen LogP contribution in [-0.2, 0) is 12.8 Å². The molecule has 18 heavy (non-hydrogen) atoms. The fraction of sp³-hybridized carbons (Fsp3) is 0.385. The number of pyridine rings is 2. The van der Waals surface area contributed by atoms with Gasteiger partial charge in [0.15, 0.2) is 5.75 Å². The molecule has 94 valence electrons. The van der Waals surface area contributed by atoms with Crippen LogP contribution in [-0.4, -0.2) is 24.2 Å². The topological polar surface area (TPSA) is 44.2 Å². The van der Waals surface area contributed by atoms with Crippen molar-refractivity contribution in [1.82, 2.24) is 9.97 Å². The molecule has 2 aromatic heterocycles. The molecule has 0 spiro atoms. The molecule has 0 aliphatic heterocycles. The fourth-order valence-corrected chi connectivity index (χ4v) is 2.73. The Morgan fingerprint density at radius 1 is 1.17 bits per heavy atom. The Morgan fingerprint density at radius 2 is 2.00 bits per heavy atom. The number of aryl methyl sites for hydroxylation is 1. The number of hydrogen-bond donors (Lipinski definition) is 0. The van der Waals surface area contributed by atoms with Gasteiger partial charge in [0.2, 0.25) is 0 Å². The molecule has 0 fully saturated rings. The van der Waals surface area contributed by atoms with Crippen molar-refractivity contribution in [2.45, 2.75) is 19.3 Å². The predicted molar refractivity (Wildman–Crippen MR) is 69.7 cm³/mol. The Labute approximate surface area is 110 Å². The largest absolute Gasteiger partial charge is 0.491 e. The van der Waals surface area contributed by atoms with Crippen LogP contribution < -0.4 is 9.47 Å². The van der Waals surface area contributed by atoms with Gasteiger partial charge in [-0.15, -0.1) is 0 Å². The molecule has 5 heteroatoms. The highest BCUT2D eigenvalue weighted by Gasteiger charge is 2.21.